The number of rotatable bonds is 3. The lowest BCUT2D eigenvalue weighted by Gasteiger charge is -2.11. The minimum Gasteiger partial charge on any atom is -0.387 e. The Bertz CT molecular complexity index is 308. The summed E-state index contributed by atoms with van der Waals surface area (Å²) in [6, 6.07) is 7.60. The van der Waals surface area contributed by atoms with Gasteiger partial charge in [0, 0.05) is 6.54 Å². The van der Waals surface area contributed by atoms with E-state index in [0.717, 1.165) is 11.1 Å². The predicted octanol–water partition coefficient (Wildman–Crippen LogP) is 0.511. The molecule has 1 aromatic rings. The zero-order valence-electron chi connectivity index (χ0n) is 8.12. The summed E-state index contributed by atoms with van der Waals surface area (Å²) < 4.78 is 0. The summed E-state index contributed by atoms with van der Waals surface area (Å²) in [5.41, 5.74) is 7.08. The highest BCUT2D eigenvalue weighted by molar-refractivity contribution is 5.74. The molecule has 4 nitrogen and oxygen atoms in total. The Hall–Kier alpha value is -1.55. The highest BCUT2D eigenvalue weighted by Crippen LogP contribution is 2.12. The zero-order valence-corrected chi connectivity index (χ0v) is 8.12. The molecule has 76 valence electrons. The Morgan fingerprint density at radius 1 is 1.50 bits per heavy atom. The van der Waals surface area contributed by atoms with Crippen molar-refractivity contribution in [1.82, 2.24) is 5.32 Å². The fraction of sp³-hybridized carbons (Fsp3) is 0.300. The van der Waals surface area contributed by atoms with Crippen molar-refractivity contribution in [2.45, 2.75) is 13.0 Å². The van der Waals surface area contributed by atoms with Crippen LogP contribution in [0, 0.1) is 12.3 Å². The highest BCUT2D eigenvalue weighted by Gasteiger charge is 2.06. The zero-order chi connectivity index (χ0) is 10.6. The van der Waals surface area contributed by atoms with Crippen LogP contribution in [0.2, 0.25) is 0 Å². The first-order chi connectivity index (χ1) is 6.59. The van der Waals surface area contributed by atoms with Crippen LogP contribution in [0.3, 0.4) is 0 Å². The van der Waals surface area contributed by atoms with E-state index in [1.807, 2.05) is 31.2 Å². The molecule has 1 aromatic carbocycles. The third-order valence-corrected chi connectivity index (χ3v) is 1.95. The van der Waals surface area contributed by atoms with Crippen LogP contribution in [0.15, 0.2) is 24.3 Å². The average molecular weight is 193 g/mol. The number of hydrogen-bond donors (Lipinski definition) is 4. The van der Waals surface area contributed by atoms with E-state index in [1.54, 1.807) is 0 Å². The van der Waals surface area contributed by atoms with Crippen LogP contribution < -0.4 is 11.1 Å². The van der Waals surface area contributed by atoms with E-state index in [0.29, 0.717) is 0 Å². The van der Waals surface area contributed by atoms with Crippen molar-refractivity contribution in [3.8, 4) is 0 Å². The number of aliphatic hydroxyl groups excluding tert-OH is 1. The lowest BCUT2D eigenvalue weighted by molar-refractivity contribution is 0.181. The molecule has 0 heterocycles. The first-order valence-corrected chi connectivity index (χ1v) is 4.42. The second kappa shape index (κ2) is 4.62. The second-order valence-electron chi connectivity index (χ2n) is 3.22. The largest absolute Gasteiger partial charge is 0.387 e. The molecule has 0 radical (unpaired) electrons. The van der Waals surface area contributed by atoms with Gasteiger partial charge in [-0.25, -0.2) is 0 Å². The Morgan fingerprint density at radius 2 is 2.07 bits per heavy atom. The molecule has 0 aliphatic heterocycles. The highest BCUT2D eigenvalue weighted by atomic mass is 16.3. The van der Waals surface area contributed by atoms with Crippen LogP contribution in [-0.4, -0.2) is 17.6 Å². The molecule has 0 aromatic heterocycles. The van der Waals surface area contributed by atoms with Gasteiger partial charge in [0.1, 0.15) is 0 Å². The van der Waals surface area contributed by atoms with Crippen molar-refractivity contribution < 1.29 is 5.11 Å². The number of aryl methyl sites for hydroxylation is 1. The third kappa shape index (κ3) is 3.06. The van der Waals surface area contributed by atoms with E-state index in [-0.39, 0.29) is 12.5 Å². The van der Waals surface area contributed by atoms with Crippen LogP contribution in [0.5, 0.6) is 0 Å². The van der Waals surface area contributed by atoms with Gasteiger partial charge in [0.25, 0.3) is 0 Å². The SMILES string of the molecule is Cc1ccc([C@@H](O)CNC(=N)N)cc1. The molecule has 1 rings (SSSR count). The van der Waals surface area contributed by atoms with Crippen molar-refractivity contribution in [3.63, 3.8) is 0 Å². The monoisotopic (exact) mass is 193 g/mol. The summed E-state index contributed by atoms with van der Waals surface area (Å²) in [5.74, 6) is -0.129. The maximum atomic E-state index is 9.65. The van der Waals surface area contributed by atoms with Gasteiger partial charge >= 0.3 is 0 Å². The van der Waals surface area contributed by atoms with Crippen molar-refractivity contribution in [1.29, 1.82) is 5.41 Å². The number of benzene rings is 1. The molecule has 1 atom stereocenters. The molecule has 0 fully saturated rings. The number of hydrogen-bond acceptors (Lipinski definition) is 2. The Balaban J connectivity index is 2.56. The first-order valence-electron chi connectivity index (χ1n) is 4.42. The van der Waals surface area contributed by atoms with E-state index in [4.69, 9.17) is 11.1 Å². The number of nitrogens with one attached hydrogen (secondary N) is 2. The molecule has 0 aliphatic rings. The lowest BCUT2D eigenvalue weighted by atomic mass is 10.1. The minimum absolute atomic E-state index is 0.129. The van der Waals surface area contributed by atoms with Crippen molar-refractivity contribution in [2.24, 2.45) is 5.73 Å². The predicted molar refractivity (Wildman–Crippen MR) is 56.1 cm³/mol. The molecular formula is C10H15N3O. The molecular weight excluding hydrogens is 178 g/mol. The number of nitrogens with two attached hydrogens (primary N) is 1. The Labute approximate surface area is 83.3 Å². The molecule has 0 saturated heterocycles. The van der Waals surface area contributed by atoms with E-state index in [1.165, 1.54) is 0 Å². The maximum absolute atomic E-state index is 9.65. The van der Waals surface area contributed by atoms with Gasteiger partial charge in [-0.05, 0) is 12.5 Å². The summed E-state index contributed by atoms with van der Waals surface area (Å²) >= 11 is 0. The van der Waals surface area contributed by atoms with Crippen LogP contribution in [-0.2, 0) is 0 Å². The van der Waals surface area contributed by atoms with Gasteiger partial charge in [-0.2, -0.15) is 0 Å². The van der Waals surface area contributed by atoms with Crippen molar-refractivity contribution in [3.05, 3.63) is 35.4 Å². The Kier molecular flexibility index (Phi) is 3.48. The quantitative estimate of drug-likeness (QED) is 0.417. The van der Waals surface area contributed by atoms with E-state index in [9.17, 15) is 5.11 Å². The van der Waals surface area contributed by atoms with Crippen LogP contribution in [0.4, 0.5) is 0 Å². The summed E-state index contributed by atoms with van der Waals surface area (Å²) in [6.07, 6.45) is -0.625. The molecule has 4 heteroatoms. The number of guanidine groups is 1. The van der Waals surface area contributed by atoms with E-state index >= 15 is 0 Å². The van der Waals surface area contributed by atoms with Crippen molar-refractivity contribution >= 4 is 5.96 Å². The first kappa shape index (κ1) is 10.5. The second-order valence-corrected chi connectivity index (χ2v) is 3.22. The summed E-state index contributed by atoms with van der Waals surface area (Å²) in [7, 11) is 0. The summed E-state index contributed by atoms with van der Waals surface area (Å²) in [5, 5.41) is 19.2. The molecule has 0 bridgehead atoms. The molecule has 0 amide bonds. The Morgan fingerprint density at radius 3 is 2.57 bits per heavy atom. The molecule has 0 aliphatic carbocycles. The van der Waals surface area contributed by atoms with Gasteiger partial charge in [-0.3, -0.25) is 5.41 Å². The smallest absolute Gasteiger partial charge is 0.185 e. The topological polar surface area (TPSA) is 82.1 Å². The minimum atomic E-state index is -0.625. The molecule has 0 saturated carbocycles. The normalized spacial score (nSPS) is 12.1. The van der Waals surface area contributed by atoms with Crippen LogP contribution in [0.1, 0.15) is 17.2 Å². The standard InChI is InChI=1S/C10H15N3O/c1-7-2-4-8(5-3-7)9(14)6-13-10(11)12/h2-5,9,14H,6H2,1H3,(H4,11,12,13)/t9-/m0/s1. The van der Waals surface area contributed by atoms with Crippen molar-refractivity contribution in [2.75, 3.05) is 6.54 Å². The lowest BCUT2D eigenvalue weighted by Crippen LogP contribution is -2.33. The summed E-state index contributed by atoms with van der Waals surface area (Å²) in [6.45, 7) is 2.25. The van der Waals surface area contributed by atoms with Gasteiger partial charge in [0.05, 0.1) is 6.10 Å². The van der Waals surface area contributed by atoms with Gasteiger partial charge in [0.15, 0.2) is 5.96 Å². The molecule has 14 heavy (non-hydrogen) atoms. The molecule has 0 spiro atoms. The number of aliphatic hydroxyl groups is 1. The van der Waals surface area contributed by atoms with Crippen LogP contribution in [0.25, 0.3) is 0 Å². The molecule has 0 unspecified atom stereocenters. The van der Waals surface area contributed by atoms with E-state index in [2.05, 4.69) is 5.32 Å². The van der Waals surface area contributed by atoms with E-state index < -0.39 is 6.10 Å². The summed E-state index contributed by atoms with van der Waals surface area (Å²) in [4.78, 5) is 0. The van der Waals surface area contributed by atoms with Gasteiger partial charge in [-0.15, -0.1) is 0 Å². The van der Waals surface area contributed by atoms with Gasteiger partial charge < -0.3 is 16.2 Å². The third-order valence-electron chi connectivity index (χ3n) is 1.95. The average Bonchev–Trinajstić information content (AvgIpc) is 2.15. The fourth-order valence-electron chi connectivity index (χ4n) is 1.11. The fourth-order valence-corrected chi connectivity index (χ4v) is 1.11. The molecule has 5 N–H and O–H groups in total. The van der Waals surface area contributed by atoms with Gasteiger partial charge in [-0.1, -0.05) is 29.8 Å². The maximum Gasteiger partial charge on any atom is 0.185 e. The van der Waals surface area contributed by atoms with Crippen LogP contribution >= 0.6 is 0 Å². The van der Waals surface area contributed by atoms with Gasteiger partial charge in [0.2, 0.25) is 0 Å².